The van der Waals surface area contributed by atoms with Gasteiger partial charge in [0.15, 0.2) is 0 Å². The minimum absolute atomic E-state index is 0.1000. The summed E-state index contributed by atoms with van der Waals surface area (Å²) in [5, 5.41) is 26.1. The molecule has 4 N–H and O–H groups in total. The highest BCUT2D eigenvalue weighted by atomic mass is 16.5. The van der Waals surface area contributed by atoms with Gasteiger partial charge in [0.25, 0.3) is 0 Å². The van der Waals surface area contributed by atoms with Crippen molar-refractivity contribution in [3.8, 4) is 0 Å². The molecule has 5 atom stereocenters. The SMILES string of the molecule is CCN=C1C[C@H]2O[C@H](CNC)[C@@H](O)[C@H](O)[C@H]2N1. The lowest BCUT2D eigenvalue weighted by Crippen LogP contribution is -2.60. The predicted molar refractivity (Wildman–Crippen MR) is 64.1 cm³/mol. The Balaban J connectivity index is 2.06. The Hall–Kier alpha value is -0.690. The summed E-state index contributed by atoms with van der Waals surface area (Å²) in [5.74, 6) is 0.860. The molecule has 0 saturated carbocycles. The molecule has 0 aromatic carbocycles. The molecular weight excluding hydrogens is 222 g/mol. The normalized spacial score (nSPS) is 43.5. The van der Waals surface area contributed by atoms with Crippen LogP contribution in [0.2, 0.25) is 0 Å². The first kappa shape index (κ1) is 12.8. The van der Waals surface area contributed by atoms with Crippen molar-refractivity contribution in [2.24, 2.45) is 4.99 Å². The van der Waals surface area contributed by atoms with E-state index in [1.807, 2.05) is 6.92 Å². The highest BCUT2D eigenvalue weighted by Gasteiger charge is 2.47. The Bertz CT molecular complexity index is 298. The predicted octanol–water partition coefficient (Wildman–Crippen LogP) is -1.52. The molecule has 0 aromatic heterocycles. The quantitative estimate of drug-likeness (QED) is 0.483. The fraction of sp³-hybridized carbons (Fsp3) is 0.909. The fourth-order valence-electron chi connectivity index (χ4n) is 2.51. The molecule has 2 saturated heterocycles. The van der Waals surface area contributed by atoms with Crippen LogP contribution in [0.4, 0.5) is 0 Å². The van der Waals surface area contributed by atoms with E-state index in [0.29, 0.717) is 19.5 Å². The van der Waals surface area contributed by atoms with Crippen LogP contribution in [0.15, 0.2) is 4.99 Å². The number of ether oxygens (including phenoxy) is 1. The van der Waals surface area contributed by atoms with Crippen molar-refractivity contribution in [3.05, 3.63) is 0 Å². The number of aliphatic hydroxyl groups excluding tert-OH is 2. The second-order valence-corrected chi connectivity index (χ2v) is 4.55. The zero-order valence-electron chi connectivity index (χ0n) is 10.3. The largest absolute Gasteiger partial charge is 0.388 e. The average molecular weight is 243 g/mol. The summed E-state index contributed by atoms with van der Waals surface area (Å²) in [7, 11) is 1.80. The molecule has 17 heavy (non-hydrogen) atoms. The standard InChI is InChI=1S/C11H21N3O3/c1-3-13-8-4-6-9(14-8)11(16)10(15)7(17-6)5-12-2/h6-7,9-12,15-16H,3-5H2,1-2H3,(H,13,14)/t6-,7-,9+,10-,11-/m1/s1. The maximum absolute atomic E-state index is 10.1. The molecule has 2 aliphatic heterocycles. The van der Waals surface area contributed by atoms with E-state index in [-0.39, 0.29) is 18.2 Å². The zero-order valence-corrected chi connectivity index (χ0v) is 10.3. The molecule has 0 amide bonds. The van der Waals surface area contributed by atoms with Gasteiger partial charge in [0.05, 0.1) is 24.1 Å². The molecule has 0 aromatic rings. The average Bonchev–Trinajstić information content (AvgIpc) is 2.69. The number of fused-ring (bicyclic) bond motifs is 1. The van der Waals surface area contributed by atoms with Crippen molar-refractivity contribution in [3.63, 3.8) is 0 Å². The van der Waals surface area contributed by atoms with Gasteiger partial charge >= 0.3 is 0 Å². The molecule has 98 valence electrons. The highest BCUT2D eigenvalue weighted by Crippen LogP contribution is 2.27. The van der Waals surface area contributed by atoms with Crippen LogP contribution in [0.5, 0.6) is 0 Å². The molecule has 2 heterocycles. The van der Waals surface area contributed by atoms with E-state index in [4.69, 9.17) is 4.74 Å². The monoisotopic (exact) mass is 243 g/mol. The van der Waals surface area contributed by atoms with E-state index in [1.165, 1.54) is 0 Å². The summed E-state index contributed by atoms with van der Waals surface area (Å²) in [6, 6.07) is -0.247. The van der Waals surface area contributed by atoms with Gasteiger partial charge in [-0.15, -0.1) is 0 Å². The number of rotatable bonds is 3. The van der Waals surface area contributed by atoms with Gasteiger partial charge in [0.2, 0.25) is 0 Å². The molecule has 0 aliphatic carbocycles. The third kappa shape index (κ3) is 2.44. The maximum atomic E-state index is 10.1. The van der Waals surface area contributed by atoms with E-state index in [0.717, 1.165) is 5.84 Å². The molecule has 0 bridgehead atoms. The maximum Gasteiger partial charge on any atom is 0.109 e. The van der Waals surface area contributed by atoms with Gasteiger partial charge in [0, 0.05) is 19.5 Å². The van der Waals surface area contributed by atoms with Crippen LogP contribution in [0.3, 0.4) is 0 Å². The summed E-state index contributed by atoms with van der Waals surface area (Å²) in [6.45, 7) is 3.20. The van der Waals surface area contributed by atoms with Crippen molar-refractivity contribution >= 4 is 5.84 Å². The first-order valence-electron chi connectivity index (χ1n) is 6.13. The van der Waals surface area contributed by atoms with Crippen molar-refractivity contribution in [2.45, 2.75) is 43.8 Å². The second-order valence-electron chi connectivity index (χ2n) is 4.55. The van der Waals surface area contributed by atoms with Crippen LogP contribution in [-0.4, -0.2) is 66.6 Å². The topological polar surface area (TPSA) is 86.1 Å². The minimum Gasteiger partial charge on any atom is -0.388 e. The van der Waals surface area contributed by atoms with E-state index in [9.17, 15) is 10.2 Å². The van der Waals surface area contributed by atoms with Crippen molar-refractivity contribution < 1.29 is 14.9 Å². The summed E-state index contributed by atoms with van der Waals surface area (Å²) in [5.41, 5.74) is 0. The van der Waals surface area contributed by atoms with E-state index >= 15 is 0 Å². The van der Waals surface area contributed by atoms with Crippen LogP contribution in [0.1, 0.15) is 13.3 Å². The summed E-state index contributed by atoms with van der Waals surface area (Å²) in [4.78, 5) is 4.30. The Kier molecular flexibility index (Phi) is 3.98. The van der Waals surface area contributed by atoms with Gasteiger partial charge in [-0.25, -0.2) is 0 Å². The third-order valence-electron chi connectivity index (χ3n) is 3.33. The van der Waals surface area contributed by atoms with Crippen LogP contribution in [0.25, 0.3) is 0 Å². The van der Waals surface area contributed by atoms with E-state index < -0.39 is 12.2 Å². The Labute approximate surface area is 101 Å². The summed E-state index contributed by atoms with van der Waals surface area (Å²) in [6.07, 6.45) is -1.45. The number of nitrogens with one attached hydrogen (secondary N) is 2. The Morgan fingerprint density at radius 3 is 2.88 bits per heavy atom. The molecule has 2 rings (SSSR count). The molecule has 0 radical (unpaired) electrons. The van der Waals surface area contributed by atoms with E-state index in [2.05, 4.69) is 15.6 Å². The van der Waals surface area contributed by atoms with Gasteiger partial charge in [-0.2, -0.15) is 0 Å². The number of aliphatic imine (C=N–C) groups is 1. The van der Waals surface area contributed by atoms with Crippen molar-refractivity contribution in [2.75, 3.05) is 20.1 Å². The second kappa shape index (κ2) is 5.30. The number of amidine groups is 1. The summed E-state index contributed by atoms with van der Waals surface area (Å²) >= 11 is 0. The fourth-order valence-corrected chi connectivity index (χ4v) is 2.51. The smallest absolute Gasteiger partial charge is 0.109 e. The third-order valence-corrected chi connectivity index (χ3v) is 3.33. The van der Waals surface area contributed by atoms with E-state index in [1.54, 1.807) is 7.05 Å². The van der Waals surface area contributed by atoms with Crippen LogP contribution >= 0.6 is 0 Å². The molecule has 2 aliphatic rings. The Morgan fingerprint density at radius 2 is 2.24 bits per heavy atom. The van der Waals surface area contributed by atoms with Crippen molar-refractivity contribution in [1.82, 2.24) is 10.6 Å². The van der Waals surface area contributed by atoms with Gasteiger partial charge in [-0.1, -0.05) is 0 Å². The first-order chi connectivity index (χ1) is 8.17. The van der Waals surface area contributed by atoms with Gasteiger partial charge in [-0.05, 0) is 14.0 Å². The minimum atomic E-state index is -0.864. The molecule has 0 spiro atoms. The number of aliphatic hydroxyl groups is 2. The lowest BCUT2D eigenvalue weighted by atomic mass is 9.94. The number of nitrogens with zero attached hydrogens (tertiary/aromatic N) is 1. The van der Waals surface area contributed by atoms with Crippen LogP contribution in [0, 0.1) is 0 Å². The Morgan fingerprint density at radius 1 is 1.47 bits per heavy atom. The number of hydrogen-bond donors (Lipinski definition) is 4. The molecule has 6 nitrogen and oxygen atoms in total. The molecule has 6 heteroatoms. The number of likely N-dealkylation sites (N-methyl/N-ethyl adjacent to an activating group) is 1. The van der Waals surface area contributed by atoms with Gasteiger partial charge < -0.3 is 25.6 Å². The molecule has 0 unspecified atom stereocenters. The zero-order chi connectivity index (χ0) is 12.4. The van der Waals surface area contributed by atoms with Gasteiger partial charge in [0.1, 0.15) is 12.2 Å². The summed E-state index contributed by atoms with van der Waals surface area (Å²) < 4.78 is 5.79. The van der Waals surface area contributed by atoms with Crippen LogP contribution in [-0.2, 0) is 4.74 Å². The van der Waals surface area contributed by atoms with Crippen molar-refractivity contribution in [1.29, 1.82) is 0 Å². The number of hydrogen-bond acceptors (Lipinski definition) is 5. The van der Waals surface area contributed by atoms with Gasteiger partial charge in [-0.3, -0.25) is 4.99 Å². The molecule has 2 fully saturated rings. The highest BCUT2D eigenvalue weighted by molar-refractivity contribution is 5.85. The lowest BCUT2D eigenvalue weighted by Gasteiger charge is -2.39. The van der Waals surface area contributed by atoms with Crippen LogP contribution < -0.4 is 10.6 Å². The molecular formula is C11H21N3O3. The lowest BCUT2D eigenvalue weighted by molar-refractivity contribution is -0.172. The first-order valence-corrected chi connectivity index (χ1v) is 6.13.